The highest BCUT2D eigenvalue weighted by Gasteiger charge is 2.35. The summed E-state index contributed by atoms with van der Waals surface area (Å²) in [6, 6.07) is 0. The number of morpholine rings is 1. The minimum absolute atomic E-state index is 0.246. The highest BCUT2D eigenvalue weighted by atomic mass is 16.6. The number of ether oxygens (including phenoxy) is 2. The van der Waals surface area contributed by atoms with Crippen LogP contribution in [0.3, 0.4) is 0 Å². The Bertz CT molecular complexity index is 282. The van der Waals surface area contributed by atoms with Crippen LogP contribution in [0.15, 0.2) is 0 Å². The van der Waals surface area contributed by atoms with E-state index < -0.39 is 23.6 Å². The average Bonchev–Trinajstić information content (AvgIpc) is 2.15. The molecule has 0 saturated carbocycles. The van der Waals surface area contributed by atoms with Crippen molar-refractivity contribution in [3.63, 3.8) is 0 Å². The summed E-state index contributed by atoms with van der Waals surface area (Å²) in [5, 5.41) is 2.66. The van der Waals surface area contributed by atoms with E-state index in [2.05, 4.69) is 5.32 Å². The zero-order chi connectivity index (χ0) is 12.3. The molecule has 1 heterocycles. The molecule has 1 aliphatic heterocycles. The molecule has 0 bridgehead atoms. The van der Waals surface area contributed by atoms with E-state index in [1.54, 1.807) is 27.7 Å². The Morgan fingerprint density at radius 2 is 2.19 bits per heavy atom. The first kappa shape index (κ1) is 13.0. The zero-order valence-corrected chi connectivity index (χ0v) is 10.2. The van der Waals surface area contributed by atoms with Gasteiger partial charge in [-0.2, -0.15) is 0 Å². The van der Waals surface area contributed by atoms with Gasteiger partial charge in [-0.3, -0.25) is 9.59 Å². The second kappa shape index (κ2) is 4.82. The molecule has 5 heteroatoms. The van der Waals surface area contributed by atoms with Gasteiger partial charge in [0.15, 0.2) is 0 Å². The molecule has 1 saturated heterocycles. The van der Waals surface area contributed by atoms with Crippen LogP contribution in [-0.2, 0) is 19.1 Å². The van der Waals surface area contributed by atoms with Crippen molar-refractivity contribution in [2.24, 2.45) is 5.92 Å². The molecule has 1 rings (SSSR count). The van der Waals surface area contributed by atoms with Crippen LogP contribution in [0, 0.1) is 5.92 Å². The Morgan fingerprint density at radius 1 is 1.56 bits per heavy atom. The molecule has 0 spiro atoms. The Hall–Kier alpha value is -1.10. The highest BCUT2D eigenvalue weighted by Crippen LogP contribution is 2.16. The molecule has 0 unspecified atom stereocenters. The van der Waals surface area contributed by atoms with E-state index in [0.29, 0.717) is 13.2 Å². The first-order valence-corrected chi connectivity index (χ1v) is 5.43. The minimum Gasteiger partial charge on any atom is -0.460 e. The molecule has 5 nitrogen and oxygen atoms in total. The van der Waals surface area contributed by atoms with Crippen molar-refractivity contribution in [2.45, 2.75) is 39.4 Å². The van der Waals surface area contributed by atoms with Gasteiger partial charge < -0.3 is 14.8 Å². The van der Waals surface area contributed by atoms with Gasteiger partial charge in [-0.1, -0.05) is 0 Å². The lowest BCUT2D eigenvalue weighted by Crippen LogP contribution is -2.49. The maximum atomic E-state index is 11.7. The van der Waals surface area contributed by atoms with Gasteiger partial charge in [0.25, 0.3) is 0 Å². The number of nitrogens with one attached hydrogen (secondary N) is 1. The first-order chi connectivity index (χ1) is 7.31. The summed E-state index contributed by atoms with van der Waals surface area (Å²) in [5.74, 6) is -1.24. The van der Waals surface area contributed by atoms with Gasteiger partial charge >= 0.3 is 5.97 Å². The predicted molar refractivity (Wildman–Crippen MR) is 57.8 cm³/mol. The normalized spacial score (nSPS) is 23.5. The largest absolute Gasteiger partial charge is 0.460 e. The molecule has 16 heavy (non-hydrogen) atoms. The maximum absolute atomic E-state index is 11.7. The lowest BCUT2D eigenvalue weighted by molar-refractivity contribution is -0.169. The van der Waals surface area contributed by atoms with Gasteiger partial charge in [-0.15, -0.1) is 0 Å². The van der Waals surface area contributed by atoms with E-state index in [4.69, 9.17) is 9.47 Å². The molecule has 1 fully saturated rings. The fourth-order valence-electron chi connectivity index (χ4n) is 1.43. The third-order valence-electron chi connectivity index (χ3n) is 2.19. The molecule has 92 valence electrons. The van der Waals surface area contributed by atoms with Crippen molar-refractivity contribution < 1.29 is 19.1 Å². The Kier molecular flexibility index (Phi) is 3.91. The van der Waals surface area contributed by atoms with Crippen molar-refractivity contribution in [1.29, 1.82) is 0 Å². The summed E-state index contributed by atoms with van der Waals surface area (Å²) in [6.45, 7) is 7.95. The first-order valence-electron chi connectivity index (χ1n) is 5.43. The summed E-state index contributed by atoms with van der Waals surface area (Å²) in [6.07, 6.45) is -0.733. The standard InChI is InChI=1S/C11H19NO4/c1-7(10(14)16-11(2,3)4)8-9(13)12-5-6-15-8/h7-8H,5-6H2,1-4H3,(H,12,13)/t7-,8-/m1/s1. The van der Waals surface area contributed by atoms with Crippen LogP contribution in [0.25, 0.3) is 0 Å². The lowest BCUT2D eigenvalue weighted by Gasteiger charge is -2.28. The molecule has 0 aromatic rings. The van der Waals surface area contributed by atoms with Gasteiger partial charge in [-0.05, 0) is 27.7 Å². The van der Waals surface area contributed by atoms with Gasteiger partial charge in [0.05, 0.1) is 12.5 Å². The lowest BCUT2D eigenvalue weighted by atomic mass is 10.0. The second-order valence-corrected chi connectivity index (χ2v) is 4.90. The number of esters is 1. The van der Waals surface area contributed by atoms with Gasteiger partial charge in [0, 0.05) is 6.54 Å². The maximum Gasteiger partial charge on any atom is 0.312 e. The van der Waals surface area contributed by atoms with Crippen LogP contribution >= 0.6 is 0 Å². The predicted octanol–water partition coefficient (Wildman–Crippen LogP) is 0.479. The van der Waals surface area contributed by atoms with E-state index in [1.165, 1.54) is 0 Å². The van der Waals surface area contributed by atoms with E-state index in [-0.39, 0.29) is 5.91 Å². The fourth-order valence-corrected chi connectivity index (χ4v) is 1.43. The molecular weight excluding hydrogens is 210 g/mol. The molecule has 0 aromatic heterocycles. The number of carbonyl (C=O) groups excluding carboxylic acids is 2. The van der Waals surface area contributed by atoms with E-state index >= 15 is 0 Å². The van der Waals surface area contributed by atoms with E-state index in [9.17, 15) is 9.59 Å². The smallest absolute Gasteiger partial charge is 0.312 e. The summed E-state index contributed by atoms with van der Waals surface area (Å²) in [4.78, 5) is 23.2. The van der Waals surface area contributed by atoms with Gasteiger partial charge in [-0.25, -0.2) is 0 Å². The van der Waals surface area contributed by atoms with Crippen molar-refractivity contribution in [1.82, 2.24) is 5.32 Å². The fraction of sp³-hybridized carbons (Fsp3) is 0.818. The van der Waals surface area contributed by atoms with Crippen LogP contribution < -0.4 is 5.32 Å². The van der Waals surface area contributed by atoms with E-state index in [1.807, 2.05) is 0 Å². The number of rotatable bonds is 2. The van der Waals surface area contributed by atoms with Crippen LogP contribution in [0.4, 0.5) is 0 Å². The van der Waals surface area contributed by atoms with Crippen LogP contribution in [0.1, 0.15) is 27.7 Å². The number of hydrogen-bond acceptors (Lipinski definition) is 4. The number of carbonyl (C=O) groups is 2. The Balaban J connectivity index is 2.59. The van der Waals surface area contributed by atoms with Crippen molar-refractivity contribution in [3.05, 3.63) is 0 Å². The molecule has 1 aliphatic rings. The highest BCUT2D eigenvalue weighted by molar-refractivity contribution is 5.87. The van der Waals surface area contributed by atoms with Crippen molar-refractivity contribution in [2.75, 3.05) is 13.2 Å². The second-order valence-electron chi connectivity index (χ2n) is 4.90. The summed E-state index contributed by atoms with van der Waals surface area (Å²) in [7, 11) is 0. The topological polar surface area (TPSA) is 64.6 Å². The van der Waals surface area contributed by atoms with E-state index in [0.717, 1.165) is 0 Å². The van der Waals surface area contributed by atoms with Crippen molar-refractivity contribution in [3.8, 4) is 0 Å². The zero-order valence-electron chi connectivity index (χ0n) is 10.2. The summed E-state index contributed by atoms with van der Waals surface area (Å²) < 4.78 is 10.5. The van der Waals surface area contributed by atoms with Crippen molar-refractivity contribution >= 4 is 11.9 Å². The Labute approximate surface area is 95.5 Å². The quantitative estimate of drug-likeness (QED) is 0.699. The van der Waals surface area contributed by atoms with Gasteiger partial charge in [0.2, 0.25) is 5.91 Å². The minimum atomic E-state index is -0.733. The molecule has 0 aliphatic carbocycles. The molecule has 0 aromatic carbocycles. The third-order valence-corrected chi connectivity index (χ3v) is 2.19. The SMILES string of the molecule is C[C@@H](C(=O)OC(C)(C)C)[C@H]1OCCNC1=O. The van der Waals surface area contributed by atoms with Crippen LogP contribution in [0.2, 0.25) is 0 Å². The summed E-state index contributed by atoms with van der Waals surface area (Å²) in [5.41, 5.74) is -0.545. The molecular formula is C11H19NO4. The molecule has 2 atom stereocenters. The Morgan fingerprint density at radius 3 is 2.69 bits per heavy atom. The number of amides is 1. The summed E-state index contributed by atoms with van der Waals surface area (Å²) >= 11 is 0. The van der Waals surface area contributed by atoms with Gasteiger partial charge in [0.1, 0.15) is 11.7 Å². The van der Waals surface area contributed by atoms with Crippen LogP contribution in [-0.4, -0.2) is 36.7 Å². The molecule has 1 amide bonds. The average molecular weight is 229 g/mol. The third kappa shape index (κ3) is 3.48. The monoisotopic (exact) mass is 229 g/mol. The number of hydrogen-bond donors (Lipinski definition) is 1. The molecule has 1 N–H and O–H groups in total. The van der Waals surface area contributed by atoms with Crippen LogP contribution in [0.5, 0.6) is 0 Å². The molecule has 0 radical (unpaired) electrons.